The first-order chi connectivity index (χ1) is 12.8. The molecule has 1 aromatic carbocycles. The van der Waals surface area contributed by atoms with Crippen molar-refractivity contribution >= 4 is 17.4 Å². The molecule has 5 nitrogen and oxygen atoms in total. The third kappa shape index (κ3) is 4.31. The quantitative estimate of drug-likeness (QED) is 0.805. The maximum Gasteiger partial charge on any atom is 0.417 e. The normalized spacial score (nSPS) is 14.9. The highest BCUT2D eigenvalue weighted by Crippen LogP contribution is 2.31. The molecule has 1 N–H and O–H groups in total. The summed E-state index contributed by atoms with van der Waals surface area (Å²) in [6, 6.07) is 9.68. The molecule has 1 heterocycles. The van der Waals surface area contributed by atoms with Crippen LogP contribution in [0, 0.1) is 17.2 Å². The molecule has 1 fully saturated rings. The molecule has 1 aliphatic rings. The number of anilines is 1. The second kappa shape index (κ2) is 7.19. The molecule has 1 amide bonds. The molecule has 8 heteroatoms. The molecular weight excluding hydrogens is 359 g/mol. The van der Waals surface area contributed by atoms with Gasteiger partial charge in [0.25, 0.3) is 0 Å². The highest BCUT2D eigenvalue weighted by atomic mass is 19.4. The molecule has 0 radical (unpaired) electrons. The van der Waals surface area contributed by atoms with E-state index in [0.29, 0.717) is 11.9 Å². The summed E-state index contributed by atoms with van der Waals surface area (Å²) in [5, 5.41) is 12.0. The predicted octanol–water partition coefficient (Wildman–Crippen LogP) is 3.94. The first kappa shape index (κ1) is 18.6. The summed E-state index contributed by atoms with van der Waals surface area (Å²) in [5.74, 6) is -2.08. The molecule has 138 valence electrons. The zero-order valence-electron chi connectivity index (χ0n) is 14.0. The lowest BCUT2D eigenvalue weighted by atomic mass is 9.95. The Morgan fingerprint density at radius 1 is 1.22 bits per heavy atom. The van der Waals surface area contributed by atoms with Crippen LogP contribution in [0.2, 0.25) is 0 Å². The number of pyridine rings is 1. The minimum absolute atomic E-state index is 0.00689. The molecule has 1 aromatic heterocycles. The van der Waals surface area contributed by atoms with Crippen LogP contribution in [0.25, 0.3) is 0 Å². The standard InChI is InChI=1S/C19H14F3N3O2/c20-19(21,22)13-6-7-16(24-10-13)15(9-23)17(26)12-2-1-3-14(8-12)25-18(27)11-4-5-11/h1-3,6-8,10-11,15H,4-5H2,(H,25,27)/t15-/m1/s1. The van der Waals surface area contributed by atoms with Crippen molar-refractivity contribution in [1.29, 1.82) is 5.26 Å². The summed E-state index contributed by atoms with van der Waals surface area (Å²) in [6.45, 7) is 0. The Bertz CT molecular complexity index is 913. The van der Waals surface area contributed by atoms with Crippen LogP contribution in [-0.2, 0) is 11.0 Å². The molecule has 3 rings (SSSR count). The van der Waals surface area contributed by atoms with E-state index in [0.717, 1.165) is 25.0 Å². The van der Waals surface area contributed by atoms with Gasteiger partial charge in [0.15, 0.2) is 11.7 Å². The summed E-state index contributed by atoms with van der Waals surface area (Å²) < 4.78 is 37.9. The summed E-state index contributed by atoms with van der Waals surface area (Å²) in [6.07, 6.45) is -2.29. The highest BCUT2D eigenvalue weighted by Gasteiger charge is 2.32. The fourth-order valence-corrected chi connectivity index (χ4v) is 2.51. The van der Waals surface area contributed by atoms with E-state index < -0.39 is 23.4 Å². The molecule has 0 saturated heterocycles. The van der Waals surface area contributed by atoms with Crippen molar-refractivity contribution in [1.82, 2.24) is 4.98 Å². The first-order valence-electron chi connectivity index (χ1n) is 8.17. The van der Waals surface area contributed by atoms with E-state index >= 15 is 0 Å². The zero-order chi connectivity index (χ0) is 19.6. The second-order valence-electron chi connectivity index (χ2n) is 6.24. The fourth-order valence-electron chi connectivity index (χ4n) is 2.51. The number of aromatic nitrogens is 1. The number of hydrogen-bond acceptors (Lipinski definition) is 4. The number of hydrogen-bond donors (Lipinski definition) is 1. The van der Waals surface area contributed by atoms with Gasteiger partial charge in [0, 0.05) is 23.4 Å². The Morgan fingerprint density at radius 3 is 2.52 bits per heavy atom. The van der Waals surface area contributed by atoms with Gasteiger partial charge in [0.2, 0.25) is 5.91 Å². The maximum atomic E-state index is 12.6. The van der Waals surface area contributed by atoms with E-state index in [1.807, 2.05) is 0 Å². The molecule has 1 saturated carbocycles. The number of carbonyl (C=O) groups is 2. The van der Waals surface area contributed by atoms with Crippen LogP contribution in [-0.4, -0.2) is 16.7 Å². The Kier molecular flexibility index (Phi) is 4.95. The predicted molar refractivity (Wildman–Crippen MR) is 89.7 cm³/mol. The van der Waals surface area contributed by atoms with E-state index in [1.54, 1.807) is 18.2 Å². The number of Topliss-reactive ketones (excluding diaryl/α,β-unsaturated/α-hetero) is 1. The zero-order valence-corrected chi connectivity index (χ0v) is 14.0. The van der Waals surface area contributed by atoms with Crippen molar-refractivity contribution in [3.8, 4) is 6.07 Å². The molecule has 27 heavy (non-hydrogen) atoms. The van der Waals surface area contributed by atoms with Crippen LogP contribution in [0.15, 0.2) is 42.6 Å². The summed E-state index contributed by atoms with van der Waals surface area (Å²) in [7, 11) is 0. The molecule has 1 atom stereocenters. The minimum Gasteiger partial charge on any atom is -0.326 e. The number of alkyl halides is 3. The fraction of sp³-hybridized carbons (Fsp3) is 0.263. The average Bonchev–Trinajstić information content (AvgIpc) is 3.47. The highest BCUT2D eigenvalue weighted by molar-refractivity contribution is 6.04. The SMILES string of the molecule is N#C[C@@H](C(=O)c1cccc(NC(=O)C2CC2)c1)c1ccc(C(F)(F)F)cn1. The van der Waals surface area contributed by atoms with Gasteiger partial charge in [-0.05, 0) is 37.1 Å². The largest absolute Gasteiger partial charge is 0.417 e. The number of amides is 1. The summed E-state index contributed by atoms with van der Waals surface area (Å²) >= 11 is 0. The van der Waals surface area contributed by atoms with Crippen molar-refractivity contribution in [2.75, 3.05) is 5.32 Å². The Balaban J connectivity index is 1.80. The molecule has 1 aliphatic carbocycles. The Morgan fingerprint density at radius 2 is 1.96 bits per heavy atom. The van der Waals surface area contributed by atoms with Gasteiger partial charge in [0.05, 0.1) is 17.3 Å². The van der Waals surface area contributed by atoms with Crippen LogP contribution in [0.3, 0.4) is 0 Å². The number of halogens is 3. The van der Waals surface area contributed by atoms with Gasteiger partial charge in [-0.25, -0.2) is 0 Å². The van der Waals surface area contributed by atoms with Gasteiger partial charge in [-0.2, -0.15) is 18.4 Å². The number of nitrogens with one attached hydrogen (secondary N) is 1. The van der Waals surface area contributed by atoms with Gasteiger partial charge >= 0.3 is 6.18 Å². The second-order valence-corrected chi connectivity index (χ2v) is 6.24. The molecular formula is C19H14F3N3O2. The van der Waals surface area contributed by atoms with E-state index in [1.165, 1.54) is 12.1 Å². The number of rotatable bonds is 5. The van der Waals surface area contributed by atoms with Gasteiger partial charge in [0.1, 0.15) is 0 Å². The number of nitriles is 1. The Hall–Kier alpha value is -3.21. The topological polar surface area (TPSA) is 82.9 Å². The lowest BCUT2D eigenvalue weighted by Crippen LogP contribution is -2.16. The van der Waals surface area contributed by atoms with Crippen molar-refractivity contribution in [3.05, 3.63) is 59.4 Å². The molecule has 2 aromatic rings. The van der Waals surface area contributed by atoms with Crippen molar-refractivity contribution in [3.63, 3.8) is 0 Å². The third-order valence-electron chi connectivity index (χ3n) is 4.16. The van der Waals surface area contributed by atoms with Crippen LogP contribution in [0.4, 0.5) is 18.9 Å². The Labute approximate surface area is 152 Å². The summed E-state index contributed by atoms with van der Waals surface area (Å²) in [5.41, 5.74) is -0.435. The van der Waals surface area contributed by atoms with E-state index in [-0.39, 0.29) is 23.1 Å². The number of benzene rings is 1. The van der Waals surface area contributed by atoms with Crippen molar-refractivity contribution < 1.29 is 22.8 Å². The van der Waals surface area contributed by atoms with Crippen LogP contribution in [0.5, 0.6) is 0 Å². The van der Waals surface area contributed by atoms with Crippen molar-refractivity contribution in [2.45, 2.75) is 24.9 Å². The van der Waals surface area contributed by atoms with Crippen LogP contribution >= 0.6 is 0 Å². The number of carbonyl (C=O) groups excluding carboxylic acids is 2. The molecule has 0 aliphatic heterocycles. The molecule has 0 spiro atoms. The summed E-state index contributed by atoms with van der Waals surface area (Å²) in [4.78, 5) is 28.1. The van der Waals surface area contributed by atoms with Gasteiger partial charge in [-0.15, -0.1) is 0 Å². The lowest BCUT2D eigenvalue weighted by molar-refractivity contribution is -0.137. The maximum absolute atomic E-state index is 12.6. The minimum atomic E-state index is -4.55. The van der Waals surface area contributed by atoms with Crippen LogP contribution in [0.1, 0.15) is 40.4 Å². The van der Waals surface area contributed by atoms with E-state index in [4.69, 9.17) is 0 Å². The van der Waals surface area contributed by atoms with E-state index in [2.05, 4.69) is 10.3 Å². The van der Waals surface area contributed by atoms with E-state index in [9.17, 15) is 28.0 Å². The smallest absolute Gasteiger partial charge is 0.326 e. The number of ketones is 1. The monoisotopic (exact) mass is 373 g/mol. The van der Waals surface area contributed by atoms with Gasteiger partial charge < -0.3 is 5.32 Å². The molecule has 0 unspecified atom stereocenters. The van der Waals surface area contributed by atoms with Gasteiger partial charge in [-0.1, -0.05) is 12.1 Å². The first-order valence-corrected chi connectivity index (χ1v) is 8.17. The average molecular weight is 373 g/mol. The lowest BCUT2D eigenvalue weighted by Gasteiger charge is -2.11. The van der Waals surface area contributed by atoms with Crippen LogP contribution < -0.4 is 5.32 Å². The third-order valence-corrected chi connectivity index (χ3v) is 4.16. The van der Waals surface area contributed by atoms with Gasteiger partial charge in [-0.3, -0.25) is 14.6 Å². The van der Waals surface area contributed by atoms with Crippen molar-refractivity contribution in [2.24, 2.45) is 5.92 Å². The molecule has 0 bridgehead atoms. The number of nitrogens with zero attached hydrogens (tertiary/aromatic N) is 2.